The van der Waals surface area contributed by atoms with Crippen molar-refractivity contribution in [3.63, 3.8) is 0 Å². The smallest absolute Gasteiger partial charge is 0.221 e. The highest BCUT2D eigenvalue weighted by atomic mass is 16.1. The Morgan fingerprint density at radius 1 is 1.30 bits per heavy atom. The van der Waals surface area contributed by atoms with Crippen molar-refractivity contribution in [3.05, 3.63) is 35.9 Å². The molecular formula is C17H26N2O. The highest BCUT2D eigenvalue weighted by Gasteiger charge is 2.26. The fourth-order valence-corrected chi connectivity index (χ4v) is 3.12. The number of carbonyl (C=O) groups is 1. The van der Waals surface area contributed by atoms with E-state index in [-0.39, 0.29) is 11.9 Å². The molecule has 1 aliphatic rings. The number of hydrogen-bond donors (Lipinski definition) is 2. The standard InChI is InChI=1S/C17H26N2O/c1-13(18)11-17(20)19-16-10-6-5-9-15(16)12-14-7-3-2-4-8-14/h2-4,7-8,13,15-16H,5-6,9-12,18H2,1H3,(H,19,20). The van der Waals surface area contributed by atoms with E-state index >= 15 is 0 Å². The van der Waals surface area contributed by atoms with Gasteiger partial charge in [0.15, 0.2) is 0 Å². The van der Waals surface area contributed by atoms with Crippen molar-refractivity contribution in [1.29, 1.82) is 0 Å². The number of hydrogen-bond acceptors (Lipinski definition) is 2. The maximum Gasteiger partial charge on any atom is 0.221 e. The lowest BCUT2D eigenvalue weighted by Gasteiger charge is -2.32. The van der Waals surface area contributed by atoms with E-state index in [2.05, 4.69) is 29.6 Å². The molecule has 1 saturated carbocycles. The predicted octanol–water partition coefficient (Wildman–Crippen LogP) is 2.64. The van der Waals surface area contributed by atoms with Gasteiger partial charge in [0.25, 0.3) is 0 Å². The molecule has 0 bridgehead atoms. The Hall–Kier alpha value is -1.35. The van der Waals surface area contributed by atoms with Crippen LogP contribution in [0, 0.1) is 5.92 Å². The molecule has 3 unspecified atom stereocenters. The van der Waals surface area contributed by atoms with Crippen LogP contribution in [0.25, 0.3) is 0 Å². The number of rotatable bonds is 5. The van der Waals surface area contributed by atoms with Crippen LogP contribution in [0.1, 0.15) is 44.6 Å². The molecule has 2 rings (SSSR count). The van der Waals surface area contributed by atoms with Crippen LogP contribution in [0.4, 0.5) is 0 Å². The molecule has 0 radical (unpaired) electrons. The zero-order valence-electron chi connectivity index (χ0n) is 12.3. The first-order chi connectivity index (χ1) is 9.65. The number of nitrogens with one attached hydrogen (secondary N) is 1. The van der Waals surface area contributed by atoms with Crippen molar-refractivity contribution in [2.75, 3.05) is 0 Å². The van der Waals surface area contributed by atoms with Gasteiger partial charge in [-0.05, 0) is 37.7 Å². The van der Waals surface area contributed by atoms with E-state index in [0.29, 0.717) is 18.4 Å². The normalized spacial score (nSPS) is 24.1. The van der Waals surface area contributed by atoms with Crippen molar-refractivity contribution >= 4 is 5.91 Å². The van der Waals surface area contributed by atoms with Crippen molar-refractivity contribution < 1.29 is 4.79 Å². The van der Waals surface area contributed by atoms with E-state index in [4.69, 9.17) is 5.73 Å². The first kappa shape index (κ1) is 15.0. The summed E-state index contributed by atoms with van der Waals surface area (Å²) in [7, 11) is 0. The van der Waals surface area contributed by atoms with Crippen LogP contribution >= 0.6 is 0 Å². The Kier molecular flexibility index (Phi) is 5.60. The van der Waals surface area contributed by atoms with E-state index in [1.165, 1.54) is 24.8 Å². The van der Waals surface area contributed by atoms with E-state index in [1.54, 1.807) is 0 Å². The largest absolute Gasteiger partial charge is 0.353 e. The molecule has 0 heterocycles. The van der Waals surface area contributed by atoms with Crippen molar-refractivity contribution in [3.8, 4) is 0 Å². The summed E-state index contributed by atoms with van der Waals surface area (Å²) in [6, 6.07) is 10.8. The Bertz CT molecular complexity index is 416. The average Bonchev–Trinajstić information content (AvgIpc) is 2.41. The van der Waals surface area contributed by atoms with Crippen LogP contribution in [0.15, 0.2) is 30.3 Å². The quantitative estimate of drug-likeness (QED) is 0.867. The van der Waals surface area contributed by atoms with Crippen LogP contribution in [0.3, 0.4) is 0 Å². The van der Waals surface area contributed by atoms with Crippen molar-refractivity contribution in [2.24, 2.45) is 11.7 Å². The first-order valence-electron chi connectivity index (χ1n) is 7.74. The summed E-state index contributed by atoms with van der Waals surface area (Å²) in [5.74, 6) is 0.660. The van der Waals surface area contributed by atoms with E-state index in [0.717, 1.165) is 12.8 Å². The van der Waals surface area contributed by atoms with E-state index < -0.39 is 0 Å². The predicted molar refractivity (Wildman–Crippen MR) is 82.3 cm³/mol. The molecule has 3 N–H and O–H groups in total. The fourth-order valence-electron chi connectivity index (χ4n) is 3.12. The molecule has 3 atom stereocenters. The van der Waals surface area contributed by atoms with Crippen molar-refractivity contribution in [2.45, 2.75) is 57.5 Å². The zero-order valence-corrected chi connectivity index (χ0v) is 12.3. The van der Waals surface area contributed by atoms with Crippen LogP contribution in [0.2, 0.25) is 0 Å². The van der Waals surface area contributed by atoms with Gasteiger partial charge >= 0.3 is 0 Å². The average molecular weight is 274 g/mol. The highest BCUT2D eigenvalue weighted by molar-refractivity contribution is 5.76. The van der Waals surface area contributed by atoms with Gasteiger partial charge in [-0.1, -0.05) is 43.2 Å². The third kappa shape index (κ3) is 4.64. The Labute approximate surface area is 121 Å². The molecule has 3 heteroatoms. The maximum atomic E-state index is 11.9. The summed E-state index contributed by atoms with van der Waals surface area (Å²) in [5.41, 5.74) is 7.06. The van der Waals surface area contributed by atoms with Crippen LogP contribution in [0.5, 0.6) is 0 Å². The fraction of sp³-hybridized carbons (Fsp3) is 0.588. The monoisotopic (exact) mass is 274 g/mol. The molecule has 1 fully saturated rings. The Morgan fingerprint density at radius 3 is 2.70 bits per heavy atom. The third-order valence-electron chi connectivity index (χ3n) is 4.10. The second kappa shape index (κ2) is 7.44. The van der Waals surface area contributed by atoms with Crippen molar-refractivity contribution in [1.82, 2.24) is 5.32 Å². The first-order valence-corrected chi connectivity index (χ1v) is 7.74. The number of carbonyl (C=O) groups excluding carboxylic acids is 1. The molecule has 3 nitrogen and oxygen atoms in total. The van der Waals surface area contributed by atoms with Gasteiger partial charge in [-0.15, -0.1) is 0 Å². The Morgan fingerprint density at radius 2 is 2.00 bits per heavy atom. The summed E-state index contributed by atoms with van der Waals surface area (Å²) in [6.07, 6.45) is 6.28. The molecule has 1 aromatic carbocycles. The third-order valence-corrected chi connectivity index (χ3v) is 4.10. The maximum absolute atomic E-state index is 11.9. The second-order valence-corrected chi connectivity index (χ2v) is 6.09. The molecule has 20 heavy (non-hydrogen) atoms. The topological polar surface area (TPSA) is 55.1 Å². The summed E-state index contributed by atoms with van der Waals surface area (Å²) in [5, 5.41) is 3.20. The summed E-state index contributed by atoms with van der Waals surface area (Å²) in [4.78, 5) is 11.9. The lowest BCUT2D eigenvalue weighted by molar-refractivity contribution is -0.122. The van der Waals surface area contributed by atoms with Gasteiger partial charge in [0.05, 0.1) is 0 Å². The lowest BCUT2D eigenvalue weighted by atomic mass is 9.80. The van der Waals surface area contributed by atoms with Gasteiger partial charge < -0.3 is 11.1 Å². The summed E-state index contributed by atoms with van der Waals surface area (Å²) < 4.78 is 0. The molecule has 110 valence electrons. The molecule has 0 aromatic heterocycles. The zero-order chi connectivity index (χ0) is 14.4. The van der Waals surface area contributed by atoms with E-state index in [1.807, 2.05) is 13.0 Å². The van der Waals surface area contributed by atoms with Gasteiger partial charge in [-0.3, -0.25) is 4.79 Å². The van der Waals surface area contributed by atoms with Gasteiger partial charge in [0.1, 0.15) is 0 Å². The molecule has 1 amide bonds. The van der Waals surface area contributed by atoms with Crippen LogP contribution in [-0.4, -0.2) is 18.0 Å². The number of benzene rings is 1. The molecule has 1 aliphatic carbocycles. The molecule has 1 aromatic rings. The van der Waals surface area contributed by atoms with Gasteiger partial charge in [-0.2, -0.15) is 0 Å². The minimum Gasteiger partial charge on any atom is -0.353 e. The molecular weight excluding hydrogens is 248 g/mol. The van der Waals surface area contributed by atoms with Crippen LogP contribution in [-0.2, 0) is 11.2 Å². The lowest BCUT2D eigenvalue weighted by Crippen LogP contribution is -2.44. The number of nitrogens with two attached hydrogens (primary N) is 1. The summed E-state index contributed by atoms with van der Waals surface area (Å²) in [6.45, 7) is 1.88. The summed E-state index contributed by atoms with van der Waals surface area (Å²) >= 11 is 0. The minimum atomic E-state index is -0.0637. The van der Waals surface area contributed by atoms with Gasteiger partial charge in [-0.25, -0.2) is 0 Å². The molecule has 0 spiro atoms. The van der Waals surface area contributed by atoms with Gasteiger partial charge in [0, 0.05) is 18.5 Å². The second-order valence-electron chi connectivity index (χ2n) is 6.09. The SMILES string of the molecule is CC(N)CC(=O)NC1CCCCC1Cc1ccccc1. The van der Waals surface area contributed by atoms with Gasteiger partial charge in [0.2, 0.25) is 5.91 Å². The van der Waals surface area contributed by atoms with Crippen LogP contribution < -0.4 is 11.1 Å². The molecule has 0 saturated heterocycles. The Balaban J connectivity index is 1.93. The highest BCUT2D eigenvalue weighted by Crippen LogP contribution is 2.27. The minimum absolute atomic E-state index is 0.0637. The molecule has 0 aliphatic heterocycles. The van der Waals surface area contributed by atoms with E-state index in [9.17, 15) is 4.79 Å². The number of amides is 1.